The van der Waals surface area contributed by atoms with Crippen LogP contribution in [-0.2, 0) is 20.9 Å². The van der Waals surface area contributed by atoms with Crippen LogP contribution in [0.2, 0.25) is 0 Å². The third-order valence-electron chi connectivity index (χ3n) is 10.5. The summed E-state index contributed by atoms with van der Waals surface area (Å²) in [5.41, 5.74) is 1.69. The molecular formula is C47H76O4. The highest BCUT2D eigenvalue weighted by Gasteiger charge is 2.30. The summed E-state index contributed by atoms with van der Waals surface area (Å²) in [5, 5.41) is 0. The van der Waals surface area contributed by atoms with Gasteiger partial charge in [0.05, 0.1) is 18.6 Å². The molecule has 2 atom stereocenters. The van der Waals surface area contributed by atoms with E-state index >= 15 is 0 Å². The van der Waals surface area contributed by atoms with Crippen molar-refractivity contribution in [3.63, 3.8) is 0 Å². The molecule has 0 amide bonds. The van der Waals surface area contributed by atoms with Crippen molar-refractivity contribution >= 4 is 11.8 Å². The van der Waals surface area contributed by atoms with E-state index in [4.69, 9.17) is 9.47 Å². The molecule has 0 saturated heterocycles. The number of Topliss-reactive ketones (excluding diaryl/α,β-unsaturated/α-hetero) is 1. The Morgan fingerprint density at radius 1 is 0.490 bits per heavy atom. The Morgan fingerprint density at radius 2 is 0.882 bits per heavy atom. The number of benzene rings is 2. The minimum absolute atomic E-state index is 0.161. The minimum atomic E-state index is -0.363. The lowest BCUT2D eigenvalue weighted by molar-refractivity contribution is -0.154. The van der Waals surface area contributed by atoms with Crippen LogP contribution in [0.1, 0.15) is 203 Å². The van der Waals surface area contributed by atoms with E-state index in [-0.39, 0.29) is 30.4 Å². The third kappa shape index (κ3) is 23.7. The SMILES string of the molecule is CCCCCCCCCCCCCCCC(OCc1ccccc1)C(CCCCCCCCCCCCCC)C(=O)OCC(=O)c1ccccc1. The molecule has 4 nitrogen and oxygen atoms in total. The van der Waals surface area contributed by atoms with Crippen LogP contribution >= 0.6 is 0 Å². The molecule has 2 unspecified atom stereocenters. The fraction of sp³-hybridized carbons (Fsp3) is 0.702. The second kappa shape index (κ2) is 32.2. The molecule has 0 radical (unpaired) electrons. The molecule has 2 aromatic rings. The summed E-state index contributed by atoms with van der Waals surface area (Å²) in [5.74, 6) is -0.806. The lowest BCUT2D eigenvalue weighted by atomic mass is 9.91. The van der Waals surface area contributed by atoms with Crippen molar-refractivity contribution < 1.29 is 19.1 Å². The first-order valence-electron chi connectivity index (χ1n) is 21.6. The summed E-state index contributed by atoms with van der Waals surface area (Å²) in [7, 11) is 0. The lowest BCUT2D eigenvalue weighted by Gasteiger charge is -2.26. The molecule has 0 fully saturated rings. The highest BCUT2D eigenvalue weighted by molar-refractivity contribution is 5.97. The van der Waals surface area contributed by atoms with Gasteiger partial charge < -0.3 is 9.47 Å². The van der Waals surface area contributed by atoms with Crippen LogP contribution in [0.4, 0.5) is 0 Å². The van der Waals surface area contributed by atoms with Gasteiger partial charge in [-0.3, -0.25) is 9.59 Å². The van der Waals surface area contributed by atoms with Crippen LogP contribution in [0.3, 0.4) is 0 Å². The molecule has 0 bridgehead atoms. The van der Waals surface area contributed by atoms with Gasteiger partial charge in [0.1, 0.15) is 0 Å². The number of esters is 1. The first-order valence-corrected chi connectivity index (χ1v) is 21.6. The summed E-state index contributed by atoms with van der Waals surface area (Å²) < 4.78 is 12.3. The van der Waals surface area contributed by atoms with Crippen LogP contribution in [0.25, 0.3) is 0 Å². The monoisotopic (exact) mass is 705 g/mol. The molecule has 0 aromatic heterocycles. The van der Waals surface area contributed by atoms with Gasteiger partial charge in [-0.15, -0.1) is 0 Å². The zero-order valence-electron chi connectivity index (χ0n) is 33.1. The van der Waals surface area contributed by atoms with E-state index in [1.807, 2.05) is 36.4 Å². The Bertz CT molecular complexity index is 1070. The summed E-state index contributed by atoms with van der Waals surface area (Å²) >= 11 is 0. The maximum atomic E-state index is 13.7. The van der Waals surface area contributed by atoms with Crippen molar-refractivity contribution in [1.82, 2.24) is 0 Å². The lowest BCUT2D eigenvalue weighted by Crippen LogP contribution is -2.33. The van der Waals surface area contributed by atoms with Crippen molar-refractivity contribution in [3.8, 4) is 0 Å². The van der Waals surface area contributed by atoms with E-state index in [0.717, 1.165) is 44.1 Å². The average Bonchev–Trinajstić information content (AvgIpc) is 3.16. The Morgan fingerprint density at radius 3 is 1.33 bits per heavy atom. The van der Waals surface area contributed by atoms with Crippen LogP contribution in [-0.4, -0.2) is 24.5 Å². The van der Waals surface area contributed by atoms with Crippen molar-refractivity contribution in [2.24, 2.45) is 5.92 Å². The average molecular weight is 705 g/mol. The number of rotatable bonds is 35. The number of ketones is 1. The maximum absolute atomic E-state index is 13.7. The number of hydrogen-bond acceptors (Lipinski definition) is 4. The maximum Gasteiger partial charge on any atom is 0.312 e. The van der Waals surface area contributed by atoms with E-state index in [1.165, 1.54) is 135 Å². The van der Waals surface area contributed by atoms with Gasteiger partial charge in [-0.05, 0) is 18.4 Å². The van der Waals surface area contributed by atoms with Gasteiger partial charge >= 0.3 is 5.97 Å². The van der Waals surface area contributed by atoms with Gasteiger partial charge in [-0.1, -0.05) is 235 Å². The smallest absolute Gasteiger partial charge is 0.312 e. The van der Waals surface area contributed by atoms with Crippen molar-refractivity contribution in [1.29, 1.82) is 0 Å². The summed E-state index contributed by atoms with van der Waals surface area (Å²) in [6.07, 6.45) is 33.8. The summed E-state index contributed by atoms with van der Waals surface area (Å²) in [6.45, 7) is 4.82. The van der Waals surface area contributed by atoms with Crippen LogP contribution in [0.15, 0.2) is 60.7 Å². The molecule has 0 aliphatic carbocycles. The second-order valence-electron chi connectivity index (χ2n) is 15.0. The zero-order valence-corrected chi connectivity index (χ0v) is 33.1. The van der Waals surface area contributed by atoms with Gasteiger partial charge in [-0.25, -0.2) is 0 Å². The fourth-order valence-electron chi connectivity index (χ4n) is 7.15. The number of carbonyl (C=O) groups is 2. The standard InChI is InChI=1S/C47H76O4/c1-3-5-7-9-11-13-15-17-19-21-23-25-33-39-46(50-40-42-34-28-26-29-35-42)44(47(49)51-41-45(48)43-36-30-27-31-37-43)38-32-24-22-20-18-16-14-12-10-8-6-4-2/h26-31,34-37,44,46H,3-25,32-33,38-41H2,1-2H3. The number of carbonyl (C=O) groups excluding carboxylic acids is 2. The molecule has 0 spiro atoms. The van der Waals surface area contributed by atoms with E-state index < -0.39 is 0 Å². The zero-order chi connectivity index (χ0) is 36.5. The van der Waals surface area contributed by atoms with Crippen molar-refractivity contribution in [2.75, 3.05) is 6.61 Å². The van der Waals surface area contributed by atoms with E-state index in [1.54, 1.807) is 12.1 Å². The molecule has 288 valence electrons. The molecule has 4 heteroatoms. The number of hydrogen-bond donors (Lipinski definition) is 0. The van der Waals surface area contributed by atoms with E-state index in [0.29, 0.717) is 12.2 Å². The first kappa shape index (κ1) is 44.7. The van der Waals surface area contributed by atoms with Crippen molar-refractivity contribution in [3.05, 3.63) is 71.8 Å². The highest BCUT2D eigenvalue weighted by Crippen LogP contribution is 2.26. The Balaban J connectivity index is 1.88. The van der Waals surface area contributed by atoms with Crippen LogP contribution < -0.4 is 0 Å². The molecule has 0 aliphatic rings. The highest BCUT2D eigenvalue weighted by atomic mass is 16.5. The summed E-state index contributed by atoms with van der Waals surface area (Å²) in [4.78, 5) is 26.6. The molecule has 2 rings (SSSR count). The molecule has 0 saturated carbocycles. The van der Waals surface area contributed by atoms with Crippen LogP contribution in [0, 0.1) is 5.92 Å². The minimum Gasteiger partial charge on any atom is -0.457 e. The quantitative estimate of drug-likeness (QED) is 0.0407. The molecule has 0 aliphatic heterocycles. The number of ether oxygens (including phenoxy) is 2. The molecule has 51 heavy (non-hydrogen) atoms. The molecule has 0 N–H and O–H groups in total. The van der Waals surface area contributed by atoms with Crippen molar-refractivity contribution in [2.45, 2.75) is 200 Å². The van der Waals surface area contributed by atoms with Gasteiger partial charge in [0.15, 0.2) is 12.4 Å². The van der Waals surface area contributed by atoms with Gasteiger partial charge in [0, 0.05) is 5.56 Å². The Labute approximate surface area is 314 Å². The normalized spacial score (nSPS) is 12.5. The fourth-order valence-corrected chi connectivity index (χ4v) is 7.15. The molecular weight excluding hydrogens is 629 g/mol. The Hall–Kier alpha value is -2.46. The van der Waals surface area contributed by atoms with Crippen LogP contribution in [0.5, 0.6) is 0 Å². The molecule has 0 heterocycles. The topological polar surface area (TPSA) is 52.6 Å². The second-order valence-corrected chi connectivity index (χ2v) is 15.0. The predicted octanol–water partition coefficient (Wildman–Crippen LogP) is 14.2. The van der Waals surface area contributed by atoms with Gasteiger partial charge in [-0.2, -0.15) is 0 Å². The van der Waals surface area contributed by atoms with E-state index in [2.05, 4.69) is 26.0 Å². The summed E-state index contributed by atoms with van der Waals surface area (Å²) in [6, 6.07) is 19.4. The Kier molecular flexibility index (Phi) is 28.2. The van der Waals surface area contributed by atoms with Gasteiger partial charge in [0.25, 0.3) is 0 Å². The predicted molar refractivity (Wildman–Crippen MR) is 216 cm³/mol. The first-order chi connectivity index (χ1) is 25.2. The van der Waals surface area contributed by atoms with Gasteiger partial charge in [0.2, 0.25) is 0 Å². The third-order valence-corrected chi connectivity index (χ3v) is 10.5. The molecule has 2 aromatic carbocycles. The van der Waals surface area contributed by atoms with E-state index in [9.17, 15) is 9.59 Å². The number of unbranched alkanes of at least 4 members (excludes halogenated alkanes) is 23. The largest absolute Gasteiger partial charge is 0.457 e.